The van der Waals surface area contributed by atoms with Crippen molar-refractivity contribution in [3.05, 3.63) is 70.9 Å². The Morgan fingerprint density at radius 3 is 2.78 bits per heavy atom. The standard InChI is InChI=1S/C21H20FNO4/c1-13-21(14(2)27-23-13)17-5-3-4-15(10-17)12-26-18-8-6-16(19(22)11-18)7-9-20(24)25/h3-6,8,10-11H,7,9,12H2,1-2H3,(H,24,25)/i9D2. The number of hydrogen-bond acceptors (Lipinski definition) is 4. The maximum Gasteiger partial charge on any atom is 0.303 e. The van der Waals surface area contributed by atoms with Crippen molar-refractivity contribution in [1.29, 1.82) is 0 Å². The van der Waals surface area contributed by atoms with Gasteiger partial charge in [-0.05, 0) is 49.1 Å². The number of aryl methyl sites for hydroxylation is 3. The minimum absolute atomic E-state index is 0.0230. The molecule has 140 valence electrons. The maximum absolute atomic E-state index is 14.3. The molecule has 0 unspecified atom stereocenters. The zero-order chi connectivity index (χ0) is 21.2. The third-order valence-corrected chi connectivity index (χ3v) is 4.11. The number of halogens is 1. The molecule has 0 spiro atoms. The van der Waals surface area contributed by atoms with Crippen molar-refractivity contribution in [3.8, 4) is 16.9 Å². The summed E-state index contributed by atoms with van der Waals surface area (Å²) >= 11 is 0. The van der Waals surface area contributed by atoms with E-state index in [4.69, 9.17) is 17.1 Å². The van der Waals surface area contributed by atoms with Crippen LogP contribution >= 0.6 is 0 Å². The Morgan fingerprint density at radius 1 is 1.30 bits per heavy atom. The molecule has 0 atom stereocenters. The molecule has 1 aromatic heterocycles. The molecule has 27 heavy (non-hydrogen) atoms. The largest absolute Gasteiger partial charge is 0.489 e. The second kappa shape index (κ2) is 8.03. The van der Waals surface area contributed by atoms with Crippen molar-refractivity contribution >= 4 is 5.97 Å². The first-order valence-corrected chi connectivity index (χ1v) is 8.34. The molecule has 0 aliphatic heterocycles. The fourth-order valence-corrected chi connectivity index (χ4v) is 2.81. The van der Waals surface area contributed by atoms with Gasteiger partial charge in [0.25, 0.3) is 0 Å². The zero-order valence-corrected chi connectivity index (χ0v) is 15.0. The number of rotatable bonds is 7. The van der Waals surface area contributed by atoms with Gasteiger partial charge in [0.1, 0.15) is 23.9 Å². The first-order valence-electron chi connectivity index (χ1n) is 9.34. The van der Waals surface area contributed by atoms with Crippen LogP contribution in [0.1, 0.15) is 31.7 Å². The molecule has 3 rings (SSSR count). The van der Waals surface area contributed by atoms with Gasteiger partial charge in [-0.2, -0.15) is 0 Å². The lowest BCUT2D eigenvalue weighted by molar-refractivity contribution is -0.136. The molecule has 0 amide bonds. The number of benzene rings is 2. The van der Waals surface area contributed by atoms with E-state index in [1.165, 1.54) is 12.1 Å². The predicted octanol–water partition coefficient (Wildman–Crippen LogP) is 4.69. The van der Waals surface area contributed by atoms with Crippen LogP contribution < -0.4 is 4.74 Å². The lowest BCUT2D eigenvalue weighted by Crippen LogP contribution is -2.01. The number of carboxylic acid groups (broad SMARTS) is 1. The van der Waals surface area contributed by atoms with E-state index in [9.17, 15) is 9.18 Å². The van der Waals surface area contributed by atoms with Crippen LogP contribution in [0.3, 0.4) is 0 Å². The van der Waals surface area contributed by atoms with Crippen LogP contribution in [0, 0.1) is 19.7 Å². The topological polar surface area (TPSA) is 72.6 Å². The molecule has 0 aliphatic rings. The van der Waals surface area contributed by atoms with Crippen molar-refractivity contribution in [2.24, 2.45) is 0 Å². The van der Waals surface area contributed by atoms with Crippen LogP contribution in [0.4, 0.5) is 4.39 Å². The van der Waals surface area contributed by atoms with E-state index in [1.54, 1.807) is 0 Å². The Kier molecular flexibility index (Phi) is 4.78. The minimum Gasteiger partial charge on any atom is -0.489 e. The molecule has 0 bridgehead atoms. The molecule has 0 saturated heterocycles. The van der Waals surface area contributed by atoms with Gasteiger partial charge in [0, 0.05) is 20.7 Å². The number of hydrogen-bond donors (Lipinski definition) is 1. The van der Waals surface area contributed by atoms with Gasteiger partial charge in [-0.25, -0.2) is 4.39 Å². The van der Waals surface area contributed by atoms with Crippen molar-refractivity contribution in [1.82, 2.24) is 5.16 Å². The van der Waals surface area contributed by atoms with Crippen LogP contribution in [-0.4, -0.2) is 16.2 Å². The van der Waals surface area contributed by atoms with E-state index in [-0.39, 0.29) is 17.9 Å². The summed E-state index contributed by atoms with van der Waals surface area (Å²) in [5, 5.41) is 12.8. The summed E-state index contributed by atoms with van der Waals surface area (Å²) in [6, 6.07) is 11.6. The number of carbonyl (C=O) groups is 1. The molecule has 3 aromatic rings. The van der Waals surface area contributed by atoms with E-state index in [0.717, 1.165) is 34.2 Å². The van der Waals surface area contributed by atoms with Gasteiger partial charge in [0.2, 0.25) is 0 Å². The molecule has 0 radical (unpaired) electrons. The number of ether oxygens (including phenoxy) is 1. The molecule has 0 fully saturated rings. The molecular weight excluding hydrogens is 349 g/mol. The zero-order valence-electron chi connectivity index (χ0n) is 17.0. The quantitative estimate of drug-likeness (QED) is 0.652. The summed E-state index contributed by atoms with van der Waals surface area (Å²) in [5.41, 5.74) is 3.51. The molecule has 1 heterocycles. The average molecular weight is 371 g/mol. The molecule has 5 nitrogen and oxygen atoms in total. The van der Waals surface area contributed by atoms with E-state index in [1.807, 2.05) is 38.1 Å². The average Bonchev–Trinajstić information content (AvgIpc) is 3.00. The van der Waals surface area contributed by atoms with Gasteiger partial charge in [-0.15, -0.1) is 0 Å². The number of aromatic nitrogens is 1. The molecule has 0 aliphatic carbocycles. The highest BCUT2D eigenvalue weighted by atomic mass is 19.1. The van der Waals surface area contributed by atoms with E-state index in [0.29, 0.717) is 0 Å². The van der Waals surface area contributed by atoms with Gasteiger partial charge in [0.15, 0.2) is 0 Å². The Hall–Kier alpha value is -3.15. The normalized spacial score (nSPS) is 12.4. The Balaban J connectivity index is 1.72. The highest BCUT2D eigenvalue weighted by Gasteiger charge is 2.12. The summed E-state index contributed by atoms with van der Waals surface area (Å²) in [7, 11) is 0. The molecule has 0 saturated carbocycles. The number of nitrogens with zero attached hydrogens (tertiary/aromatic N) is 1. The second-order valence-corrected chi connectivity index (χ2v) is 6.10. The van der Waals surface area contributed by atoms with Crippen molar-refractivity contribution in [2.75, 3.05) is 0 Å². The van der Waals surface area contributed by atoms with Gasteiger partial charge >= 0.3 is 5.97 Å². The molecular formula is C21H20FNO4. The van der Waals surface area contributed by atoms with Crippen molar-refractivity contribution in [3.63, 3.8) is 0 Å². The van der Waals surface area contributed by atoms with E-state index in [2.05, 4.69) is 5.16 Å². The molecule has 2 aromatic carbocycles. The van der Waals surface area contributed by atoms with Crippen LogP contribution in [-0.2, 0) is 17.8 Å². The van der Waals surface area contributed by atoms with Gasteiger partial charge in [-0.1, -0.05) is 29.4 Å². The summed E-state index contributed by atoms with van der Waals surface area (Å²) in [6.07, 6.45) is -3.10. The fourth-order valence-electron chi connectivity index (χ4n) is 2.81. The first kappa shape index (κ1) is 16.1. The Bertz CT molecular complexity index is 1030. The van der Waals surface area contributed by atoms with E-state index >= 15 is 0 Å². The molecule has 1 N–H and O–H groups in total. The van der Waals surface area contributed by atoms with E-state index < -0.39 is 24.6 Å². The van der Waals surface area contributed by atoms with Crippen LogP contribution in [0.2, 0.25) is 0 Å². The summed E-state index contributed by atoms with van der Waals surface area (Å²) < 4.78 is 40.0. The van der Waals surface area contributed by atoms with Crippen molar-refractivity contribution in [2.45, 2.75) is 33.2 Å². The van der Waals surface area contributed by atoms with Crippen molar-refractivity contribution < 1.29 is 26.3 Å². The van der Waals surface area contributed by atoms with Crippen LogP contribution in [0.25, 0.3) is 11.1 Å². The third-order valence-electron chi connectivity index (χ3n) is 4.11. The summed E-state index contributed by atoms with van der Waals surface area (Å²) in [4.78, 5) is 10.9. The lowest BCUT2D eigenvalue weighted by atomic mass is 10.0. The van der Waals surface area contributed by atoms with Gasteiger partial charge < -0.3 is 14.4 Å². The molecule has 6 heteroatoms. The smallest absolute Gasteiger partial charge is 0.303 e. The summed E-state index contributed by atoms with van der Waals surface area (Å²) in [5.74, 6) is -1.35. The third kappa shape index (κ3) is 4.53. The lowest BCUT2D eigenvalue weighted by Gasteiger charge is -2.09. The minimum atomic E-state index is -2.54. The fraction of sp³-hybridized carbons (Fsp3) is 0.238. The monoisotopic (exact) mass is 371 g/mol. The first-order chi connectivity index (χ1) is 13.7. The van der Waals surface area contributed by atoms with Gasteiger partial charge in [0.05, 0.1) is 5.69 Å². The Morgan fingerprint density at radius 2 is 2.11 bits per heavy atom. The highest BCUT2D eigenvalue weighted by molar-refractivity contribution is 5.68. The number of carboxylic acids is 1. The van der Waals surface area contributed by atoms with Crippen LogP contribution in [0.5, 0.6) is 5.75 Å². The maximum atomic E-state index is 14.3. The summed E-state index contributed by atoms with van der Waals surface area (Å²) in [6.45, 7) is 3.91. The second-order valence-electron chi connectivity index (χ2n) is 6.10. The van der Waals surface area contributed by atoms with Crippen LogP contribution in [0.15, 0.2) is 47.0 Å². The Labute approximate surface area is 159 Å². The highest BCUT2D eigenvalue weighted by Crippen LogP contribution is 2.28. The number of aliphatic carboxylic acids is 1. The SMILES string of the molecule is [2H]C([2H])(Cc1ccc(OCc2cccc(-c3c(C)noc3C)c2)cc1F)C(=O)O. The predicted molar refractivity (Wildman–Crippen MR) is 98.1 cm³/mol. The van der Waals surface area contributed by atoms with Gasteiger partial charge in [-0.3, -0.25) is 4.79 Å².